The lowest BCUT2D eigenvalue weighted by molar-refractivity contribution is 0.769. The van der Waals surface area contributed by atoms with Crippen LogP contribution >= 0.6 is 0 Å². The predicted octanol–water partition coefficient (Wildman–Crippen LogP) is 12.8. The van der Waals surface area contributed by atoms with E-state index in [1.807, 2.05) is 43.3 Å². The zero-order valence-electron chi connectivity index (χ0n) is 30.2. The summed E-state index contributed by atoms with van der Waals surface area (Å²) in [6.45, 7) is 6.67. The van der Waals surface area contributed by atoms with Crippen LogP contribution in [0.5, 0.6) is 0 Å². The van der Waals surface area contributed by atoms with E-state index in [1.165, 1.54) is 33.4 Å². The summed E-state index contributed by atoms with van der Waals surface area (Å²) >= 11 is 0. The van der Waals surface area contributed by atoms with E-state index in [0.717, 1.165) is 44.3 Å². The van der Waals surface area contributed by atoms with E-state index in [2.05, 4.69) is 170 Å². The smallest absolute Gasteiger partial charge is 0.160 e. The van der Waals surface area contributed by atoms with E-state index in [0.29, 0.717) is 11.5 Å². The topological polar surface area (TPSA) is 24.7 Å². The first-order valence-electron chi connectivity index (χ1n) is 18.4. The standard InChI is InChI=1S/C52H38N2/c1-36(38-19-7-3-8-20-38)53-51(39-21-9-4-10-22-39)54-37(2)47-33-40-23-15-16-24-41(40)34-48(47)42-31-32-46-45-29-17-18-30-49(45)52(50(46)35-42,43-25-11-5-12-26-43)44-27-13-6-14-28-44/h3-35H,2H2,1H3. The maximum absolute atomic E-state index is 5.24. The van der Waals surface area contributed by atoms with Gasteiger partial charge in [0.05, 0.1) is 11.1 Å². The van der Waals surface area contributed by atoms with Crippen LogP contribution in [0.3, 0.4) is 0 Å². The van der Waals surface area contributed by atoms with Crippen LogP contribution in [0.25, 0.3) is 38.7 Å². The first-order chi connectivity index (χ1) is 26.6. The zero-order valence-corrected chi connectivity index (χ0v) is 30.2. The summed E-state index contributed by atoms with van der Waals surface area (Å²) < 4.78 is 0. The fraction of sp³-hybridized carbons (Fsp3) is 0.0385. The zero-order chi connectivity index (χ0) is 36.5. The van der Waals surface area contributed by atoms with Crippen LogP contribution in [0.4, 0.5) is 0 Å². The molecule has 8 aromatic carbocycles. The summed E-state index contributed by atoms with van der Waals surface area (Å²) in [7, 11) is 0. The minimum atomic E-state index is -0.499. The highest BCUT2D eigenvalue weighted by Crippen LogP contribution is 2.56. The van der Waals surface area contributed by atoms with E-state index in [1.54, 1.807) is 0 Å². The van der Waals surface area contributed by atoms with Crippen LogP contribution < -0.4 is 0 Å². The Morgan fingerprint density at radius 3 is 1.61 bits per heavy atom. The quantitative estimate of drug-likeness (QED) is 0.117. The Morgan fingerprint density at radius 1 is 0.444 bits per heavy atom. The number of aliphatic imine (C=N–C) groups is 2. The molecule has 0 aliphatic heterocycles. The van der Waals surface area contributed by atoms with Crippen molar-refractivity contribution in [2.45, 2.75) is 12.3 Å². The van der Waals surface area contributed by atoms with Gasteiger partial charge in [0.25, 0.3) is 0 Å². The minimum Gasteiger partial charge on any atom is -0.233 e. The summed E-state index contributed by atoms with van der Waals surface area (Å²) in [5.74, 6) is 0.623. The van der Waals surface area contributed by atoms with Crippen LogP contribution in [0.2, 0.25) is 0 Å². The molecule has 0 fully saturated rings. The first-order valence-corrected chi connectivity index (χ1v) is 18.4. The number of hydrogen-bond donors (Lipinski definition) is 0. The maximum atomic E-state index is 5.24. The van der Waals surface area contributed by atoms with E-state index >= 15 is 0 Å². The maximum Gasteiger partial charge on any atom is 0.160 e. The lowest BCUT2D eigenvalue weighted by Crippen LogP contribution is -2.28. The second kappa shape index (κ2) is 13.9. The highest BCUT2D eigenvalue weighted by atomic mass is 14.9. The van der Waals surface area contributed by atoms with Crippen molar-refractivity contribution in [3.8, 4) is 22.3 Å². The van der Waals surface area contributed by atoms with Gasteiger partial charge in [0.1, 0.15) is 0 Å². The highest BCUT2D eigenvalue weighted by Gasteiger charge is 2.46. The number of fused-ring (bicyclic) bond motifs is 4. The highest BCUT2D eigenvalue weighted by molar-refractivity contribution is 6.13. The van der Waals surface area contributed by atoms with Gasteiger partial charge in [-0.25, -0.2) is 9.98 Å². The van der Waals surface area contributed by atoms with Gasteiger partial charge in [-0.05, 0) is 86.0 Å². The van der Waals surface area contributed by atoms with Crippen LogP contribution in [0.1, 0.15) is 45.9 Å². The van der Waals surface area contributed by atoms with Crippen molar-refractivity contribution in [3.05, 3.63) is 246 Å². The average Bonchev–Trinajstić information content (AvgIpc) is 3.54. The Kier molecular flexibility index (Phi) is 8.49. The molecule has 0 heterocycles. The molecule has 0 atom stereocenters. The van der Waals surface area contributed by atoms with Gasteiger partial charge in [0.2, 0.25) is 0 Å². The second-order valence-corrected chi connectivity index (χ2v) is 13.8. The number of nitrogens with zero attached hydrogens (tertiary/aromatic N) is 2. The van der Waals surface area contributed by atoms with Crippen molar-refractivity contribution in [1.82, 2.24) is 0 Å². The SMILES string of the molecule is C=C(N=C(N=C(C)c1ccccc1)c1ccccc1)c1cc2ccccc2cc1-c1ccc2c(c1)C(c1ccccc1)(c1ccccc1)c1ccccc1-2. The summed E-state index contributed by atoms with van der Waals surface area (Å²) in [5.41, 5.74) is 13.7. The molecule has 0 aromatic heterocycles. The van der Waals surface area contributed by atoms with E-state index < -0.39 is 5.41 Å². The lowest BCUT2D eigenvalue weighted by Gasteiger charge is -2.34. The van der Waals surface area contributed by atoms with Crippen LogP contribution in [0.15, 0.2) is 217 Å². The molecule has 0 amide bonds. The molecule has 1 aliphatic rings. The van der Waals surface area contributed by atoms with Gasteiger partial charge >= 0.3 is 0 Å². The number of hydrogen-bond acceptors (Lipinski definition) is 1. The molecule has 2 heteroatoms. The van der Waals surface area contributed by atoms with Gasteiger partial charge in [-0.2, -0.15) is 0 Å². The Bertz CT molecular complexity index is 2670. The van der Waals surface area contributed by atoms with E-state index in [4.69, 9.17) is 9.98 Å². The molecular formula is C52H38N2. The third-order valence-corrected chi connectivity index (χ3v) is 10.7. The Morgan fingerprint density at radius 2 is 0.963 bits per heavy atom. The molecular weight excluding hydrogens is 653 g/mol. The van der Waals surface area contributed by atoms with Crippen molar-refractivity contribution in [1.29, 1.82) is 0 Å². The van der Waals surface area contributed by atoms with Crippen LogP contribution in [-0.2, 0) is 5.41 Å². The molecule has 256 valence electrons. The molecule has 2 nitrogen and oxygen atoms in total. The molecule has 0 saturated carbocycles. The second-order valence-electron chi connectivity index (χ2n) is 13.8. The summed E-state index contributed by atoms with van der Waals surface area (Å²) in [6.07, 6.45) is 0. The molecule has 8 aromatic rings. The van der Waals surface area contributed by atoms with Crippen molar-refractivity contribution in [2.24, 2.45) is 9.98 Å². The molecule has 54 heavy (non-hydrogen) atoms. The predicted molar refractivity (Wildman–Crippen MR) is 227 cm³/mol. The Hall–Kier alpha value is -6.90. The number of rotatable bonds is 7. The molecule has 0 N–H and O–H groups in total. The number of amidine groups is 1. The largest absolute Gasteiger partial charge is 0.233 e. The van der Waals surface area contributed by atoms with E-state index in [-0.39, 0.29) is 0 Å². The Labute approximate surface area is 317 Å². The van der Waals surface area contributed by atoms with Crippen LogP contribution in [0, 0.1) is 0 Å². The van der Waals surface area contributed by atoms with Gasteiger partial charge in [-0.1, -0.05) is 189 Å². The molecule has 1 aliphatic carbocycles. The first kappa shape index (κ1) is 33.0. The fourth-order valence-corrected chi connectivity index (χ4v) is 8.16. The lowest BCUT2D eigenvalue weighted by atomic mass is 9.67. The van der Waals surface area contributed by atoms with Gasteiger partial charge in [-0.3, -0.25) is 0 Å². The van der Waals surface area contributed by atoms with E-state index in [9.17, 15) is 0 Å². The molecule has 0 saturated heterocycles. The molecule has 0 unspecified atom stereocenters. The Balaban J connectivity index is 1.27. The molecule has 9 rings (SSSR count). The van der Waals surface area contributed by atoms with Gasteiger partial charge < -0.3 is 0 Å². The monoisotopic (exact) mass is 690 g/mol. The average molecular weight is 691 g/mol. The van der Waals surface area contributed by atoms with Crippen molar-refractivity contribution in [2.75, 3.05) is 0 Å². The van der Waals surface area contributed by atoms with Gasteiger partial charge in [-0.15, -0.1) is 0 Å². The molecule has 0 radical (unpaired) electrons. The summed E-state index contributed by atoms with van der Waals surface area (Å²) in [4.78, 5) is 10.3. The number of benzene rings is 8. The summed E-state index contributed by atoms with van der Waals surface area (Å²) in [6, 6.07) is 71.2. The van der Waals surface area contributed by atoms with Crippen molar-refractivity contribution < 1.29 is 0 Å². The summed E-state index contributed by atoms with van der Waals surface area (Å²) in [5, 5.41) is 2.30. The normalized spacial score (nSPS) is 13.4. The molecule has 0 spiro atoms. The molecule has 0 bridgehead atoms. The third-order valence-electron chi connectivity index (χ3n) is 10.7. The fourth-order valence-electron chi connectivity index (χ4n) is 8.16. The minimum absolute atomic E-state index is 0.499. The van der Waals surface area contributed by atoms with Crippen molar-refractivity contribution >= 4 is 28.0 Å². The third kappa shape index (κ3) is 5.70. The van der Waals surface area contributed by atoms with Gasteiger partial charge in [0.15, 0.2) is 5.84 Å². The van der Waals surface area contributed by atoms with Gasteiger partial charge in [0, 0.05) is 16.8 Å². The van der Waals surface area contributed by atoms with Crippen LogP contribution in [-0.4, -0.2) is 11.5 Å². The van der Waals surface area contributed by atoms with Crippen molar-refractivity contribution in [3.63, 3.8) is 0 Å².